The van der Waals surface area contributed by atoms with Crippen molar-refractivity contribution < 1.29 is 9.59 Å². The summed E-state index contributed by atoms with van der Waals surface area (Å²) in [7, 11) is 0. The number of anilines is 2. The van der Waals surface area contributed by atoms with Crippen LogP contribution in [0.5, 0.6) is 0 Å². The van der Waals surface area contributed by atoms with Crippen molar-refractivity contribution in [2.45, 2.75) is 13.8 Å². The number of hydrogen-bond acceptors (Lipinski definition) is 5. The van der Waals surface area contributed by atoms with E-state index >= 15 is 0 Å². The quantitative estimate of drug-likeness (QED) is 0.771. The summed E-state index contributed by atoms with van der Waals surface area (Å²) in [5, 5.41) is 18.0. The molecule has 20 heavy (non-hydrogen) atoms. The molecule has 0 bridgehead atoms. The Bertz CT molecular complexity index is 608. The van der Waals surface area contributed by atoms with E-state index in [0.29, 0.717) is 11.4 Å². The molecule has 0 aliphatic carbocycles. The summed E-state index contributed by atoms with van der Waals surface area (Å²) < 4.78 is 0. The largest absolute Gasteiger partial charge is 0.326 e. The van der Waals surface area contributed by atoms with E-state index in [-0.39, 0.29) is 17.6 Å². The highest BCUT2D eigenvalue weighted by Gasteiger charge is 2.12. The third kappa shape index (κ3) is 3.37. The predicted molar refractivity (Wildman–Crippen MR) is 72.0 cm³/mol. The van der Waals surface area contributed by atoms with Gasteiger partial charge in [-0.05, 0) is 23.4 Å². The lowest BCUT2D eigenvalue weighted by Crippen LogP contribution is -2.18. The van der Waals surface area contributed by atoms with Crippen LogP contribution in [0.15, 0.2) is 24.3 Å². The number of nitrogens with one attached hydrogen (secondary N) is 3. The Morgan fingerprint density at radius 3 is 2.50 bits per heavy atom. The lowest BCUT2D eigenvalue weighted by Gasteiger charge is -2.09. The van der Waals surface area contributed by atoms with Gasteiger partial charge in [-0.15, -0.1) is 10.2 Å². The number of nitrogens with zero attached hydrogens (tertiary/aromatic N) is 3. The molecular weight excluding hydrogens is 260 g/mol. The summed E-state index contributed by atoms with van der Waals surface area (Å²) in [5.41, 5.74) is 1.14. The lowest BCUT2D eigenvalue weighted by atomic mass is 10.2. The predicted octanol–water partition coefficient (Wildman–Crippen LogP) is 1.05. The van der Waals surface area contributed by atoms with E-state index in [4.69, 9.17) is 0 Å². The number of amides is 2. The van der Waals surface area contributed by atoms with Gasteiger partial charge in [0.25, 0.3) is 11.7 Å². The standard InChI is InChI=1S/C12H14N6O2/c1-7(2)11(19)13-8-4-3-5-9(6-8)14-12(20)10-15-17-18-16-10/h3-7H,1-2H3,(H,13,19)(H,14,20)(H,15,16,17,18). The highest BCUT2D eigenvalue weighted by atomic mass is 16.2. The summed E-state index contributed by atoms with van der Waals surface area (Å²) >= 11 is 0. The molecule has 0 saturated heterocycles. The summed E-state index contributed by atoms with van der Waals surface area (Å²) in [5.74, 6) is -0.744. The molecule has 0 atom stereocenters. The zero-order valence-electron chi connectivity index (χ0n) is 11.0. The Labute approximate surface area is 115 Å². The third-order valence-electron chi connectivity index (χ3n) is 2.46. The monoisotopic (exact) mass is 274 g/mol. The number of aromatic amines is 1. The van der Waals surface area contributed by atoms with Gasteiger partial charge in [0.05, 0.1) is 0 Å². The molecule has 0 saturated carbocycles. The fraction of sp³-hybridized carbons (Fsp3) is 0.250. The molecule has 3 N–H and O–H groups in total. The number of carbonyl (C=O) groups excluding carboxylic acids is 2. The molecule has 0 aliphatic rings. The Morgan fingerprint density at radius 1 is 1.20 bits per heavy atom. The Morgan fingerprint density at radius 2 is 1.90 bits per heavy atom. The van der Waals surface area contributed by atoms with Crippen LogP contribution < -0.4 is 10.6 Å². The van der Waals surface area contributed by atoms with Gasteiger partial charge in [-0.2, -0.15) is 5.21 Å². The van der Waals surface area contributed by atoms with Crippen molar-refractivity contribution in [1.82, 2.24) is 20.6 Å². The third-order valence-corrected chi connectivity index (χ3v) is 2.46. The minimum atomic E-state index is -0.480. The van der Waals surface area contributed by atoms with Crippen LogP contribution in [0.4, 0.5) is 11.4 Å². The van der Waals surface area contributed by atoms with E-state index in [2.05, 4.69) is 31.3 Å². The van der Waals surface area contributed by atoms with Crippen molar-refractivity contribution in [3.8, 4) is 0 Å². The highest BCUT2D eigenvalue weighted by molar-refractivity contribution is 6.02. The van der Waals surface area contributed by atoms with Crippen molar-refractivity contribution in [2.75, 3.05) is 10.6 Å². The molecule has 1 aromatic heterocycles. The van der Waals surface area contributed by atoms with Gasteiger partial charge in [-0.3, -0.25) is 9.59 Å². The minimum Gasteiger partial charge on any atom is -0.326 e. The van der Waals surface area contributed by atoms with Crippen molar-refractivity contribution in [1.29, 1.82) is 0 Å². The molecule has 1 heterocycles. The molecule has 1 aromatic carbocycles. The van der Waals surface area contributed by atoms with Gasteiger partial charge in [0, 0.05) is 17.3 Å². The first-order valence-corrected chi connectivity index (χ1v) is 6.02. The lowest BCUT2D eigenvalue weighted by molar-refractivity contribution is -0.118. The van der Waals surface area contributed by atoms with Gasteiger partial charge in [0.15, 0.2) is 0 Å². The van der Waals surface area contributed by atoms with Crippen molar-refractivity contribution in [2.24, 2.45) is 5.92 Å². The summed E-state index contributed by atoms with van der Waals surface area (Å²) in [6, 6.07) is 6.81. The molecule has 2 amide bonds. The Kier molecular flexibility index (Phi) is 4.04. The molecule has 8 nitrogen and oxygen atoms in total. The van der Waals surface area contributed by atoms with Crippen LogP contribution in [-0.2, 0) is 4.79 Å². The second-order valence-electron chi connectivity index (χ2n) is 4.41. The molecule has 0 unspecified atom stereocenters. The molecule has 104 valence electrons. The average molecular weight is 274 g/mol. The molecule has 2 rings (SSSR count). The van der Waals surface area contributed by atoms with Gasteiger partial charge in [0.2, 0.25) is 5.91 Å². The minimum absolute atomic E-state index is 0.0541. The number of carbonyl (C=O) groups is 2. The van der Waals surface area contributed by atoms with Gasteiger partial charge in [0.1, 0.15) is 0 Å². The summed E-state index contributed by atoms with van der Waals surface area (Å²) in [6.07, 6.45) is 0. The number of tetrazole rings is 1. The number of aromatic nitrogens is 4. The molecule has 0 spiro atoms. The maximum atomic E-state index is 11.7. The van der Waals surface area contributed by atoms with Crippen molar-refractivity contribution in [3.63, 3.8) is 0 Å². The Hall–Kier alpha value is -2.77. The second-order valence-corrected chi connectivity index (χ2v) is 4.41. The number of benzene rings is 1. The van der Waals surface area contributed by atoms with Crippen LogP contribution in [0, 0.1) is 5.92 Å². The van der Waals surface area contributed by atoms with E-state index in [1.807, 2.05) is 0 Å². The van der Waals surface area contributed by atoms with Crippen LogP contribution in [0.1, 0.15) is 24.5 Å². The van der Waals surface area contributed by atoms with Crippen LogP contribution in [0.2, 0.25) is 0 Å². The van der Waals surface area contributed by atoms with Crippen LogP contribution in [-0.4, -0.2) is 32.4 Å². The van der Waals surface area contributed by atoms with Crippen LogP contribution in [0.3, 0.4) is 0 Å². The smallest absolute Gasteiger partial charge is 0.297 e. The van der Waals surface area contributed by atoms with Gasteiger partial charge in [-0.25, -0.2) is 0 Å². The zero-order valence-corrected chi connectivity index (χ0v) is 11.0. The van der Waals surface area contributed by atoms with E-state index in [9.17, 15) is 9.59 Å². The average Bonchev–Trinajstić information content (AvgIpc) is 2.92. The first-order valence-electron chi connectivity index (χ1n) is 6.02. The zero-order chi connectivity index (χ0) is 14.5. The molecule has 2 aromatic rings. The van der Waals surface area contributed by atoms with Crippen LogP contribution in [0.25, 0.3) is 0 Å². The first kappa shape index (κ1) is 13.7. The molecule has 0 aliphatic heterocycles. The summed E-state index contributed by atoms with van der Waals surface area (Å²) in [4.78, 5) is 23.3. The maximum Gasteiger partial charge on any atom is 0.297 e. The van der Waals surface area contributed by atoms with E-state index < -0.39 is 5.91 Å². The van der Waals surface area contributed by atoms with E-state index in [0.717, 1.165) is 0 Å². The number of hydrogen-bond donors (Lipinski definition) is 3. The Balaban J connectivity index is 2.06. The van der Waals surface area contributed by atoms with Gasteiger partial charge >= 0.3 is 0 Å². The fourth-order valence-corrected chi connectivity index (χ4v) is 1.41. The topological polar surface area (TPSA) is 113 Å². The number of rotatable bonds is 4. The fourth-order valence-electron chi connectivity index (χ4n) is 1.41. The molecular formula is C12H14N6O2. The first-order chi connectivity index (χ1) is 9.56. The molecule has 8 heteroatoms. The molecule has 0 radical (unpaired) electrons. The SMILES string of the molecule is CC(C)C(=O)Nc1cccc(NC(=O)c2nn[nH]n2)c1. The van der Waals surface area contributed by atoms with E-state index in [1.54, 1.807) is 38.1 Å². The normalized spacial score (nSPS) is 10.3. The van der Waals surface area contributed by atoms with E-state index in [1.165, 1.54) is 0 Å². The second kappa shape index (κ2) is 5.91. The van der Waals surface area contributed by atoms with Gasteiger partial charge in [-0.1, -0.05) is 19.9 Å². The van der Waals surface area contributed by atoms with Crippen molar-refractivity contribution in [3.05, 3.63) is 30.1 Å². The summed E-state index contributed by atoms with van der Waals surface area (Å²) in [6.45, 7) is 3.61. The van der Waals surface area contributed by atoms with Crippen molar-refractivity contribution >= 4 is 23.2 Å². The van der Waals surface area contributed by atoms with Crippen LogP contribution >= 0.6 is 0 Å². The maximum absolute atomic E-state index is 11.7. The highest BCUT2D eigenvalue weighted by Crippen LogP contribution is 2.16. The molecule has 0 fully saturated rings. The number of H-pyrrole nitrogens is 1. The van der Waals surface area contributed by atoms with Gasteiger partial charge < -0.3 is 10.6 Å².